The van der Waals surface area contributed by atoms with E-state index in [1.165, 1.54) is 10.4 Å². The van der Waals surface area contributed by atoms with Crippen LogP contribution in [0.5, 0.6) is 11.5 Å². The second-order valence-corrected chi connectivity index (χ2v) is 15.8. The Hall–Kier alpha value is -3.98. The summed E-state index contributed by atoms with van der Waals surface area (Å²) < 4.78 is 43.1. The first-order valence-corrected chi connectivity index (χ1v) is 20.2. The molecule has 0 aromatic carbocycles. The monoisotopic (exact) mass is 763 g/mol. The highest BCUT2D eigenvalue weighted by Gasteiger charge is 2.29. The lowest BCUT2D eigenvalue weighted by atomic mass is 10.2. The van der Waals surface area contributed by atoms with E-state index < -0.39 is 10.0 Å². The maximum absolute atomic E-state index is 14.4. The van der Waals surface area contributed by atoms with Gasteiger partial charge in [0.05, 0.1) is 51.6 Å². The first kappa shape index (κ1) is 39.2. The molecule has 0 spiro atoms. The summed E-state index contributed by atoms with van der Waals surface area (Å²) in [6, 6.07) is 21.5. The van der Waals surface area contributed by atoms with Crippen LogP contribution >= 0.6 is 22.9 Å². The number of sulfonamides is 1. The number of ether oxygens (including phenoxy) is 2. The smallest absolute Gasteiger partial charge is 0.253 e. The van der Waals surface area contributed by atoms with Crippen molar-refractivity contribution in [3.63, 3.8) is 0 Å². The van der Waals surface area contributed by atoms with Gasteiger partial charge in [0.1, 0.15) is 28.9 Å². The highest BCUT2D eigenvalue weighted by Crippen LogP contribution is 2.32. The number of nitrogens with zero attached hydrogens (tertiary/aromatic N) is 7. The minimum Gasteiger partial charge on any atom is -0.492 e. The van der Waals surface area contributed by atoms with E-state index in [1.807, 2.05) is 48.5 Å². The lowest BCUT2D eigenvalue weighted by molar-refractivity contribution is 0.222. The Morgan fingerprint density at radius 1 is 0.654 bits per heavy atom. The van der Waals surface area contributed by atoms with Crippen LogP contribution in [0.1, 0.15) is 39.1 Å². The van der Waals surface area contributed by atoms with E-state index in [1.54, 1.807) is 30.6 Å². The molecule has 0 amide bonds. The molecule has 5 rings (SSSR count). The van der Waals surface area contributed by atoms with Gasteiger partial charge in [-0.25, -0.2) is 18.4 Å². The van der Waals surface area contributed by atoms with E-state index in [0.29, 0.717) is 63.2 Å². The third-order valence-electron chi connectivity index (χ3n) is 8.52. The van der Waals surface area contributed by atoms with E-state index in [2.05, 4.69) is 47.5 Å². The molecule has 0 saturated carbocycles. The average molecular weight is 764 g/mol. The molecule has 0 fully saturated rings. The number of likely N-dealkylation sites (N-methyl/N-ethyl adjacent to an activating group) is 2. The normalized spacial score (nSPS) is 11.8. The van der Waals surface area contributed by atoms with Crippen LogP contribution in [0.2, 0.25) is 4.34 Å². The van der Waals surface area contributed by atoms with Gasteiger partial charge in [0, 0.05) is 49.7 Å². The molecule has 0 radical (unpaired) electrons. The highest BCUT2D eigenvalue weighted by molar-refractivity contribution is 7.91. The first-order valence-electron chi connectivity index (χ1n) is 17.5. The lowest BCUT2D eigenvalue weighted by Crippen LogP contribution is -2.31. The van der Waals surface area contributed by atoms with Crippen LogP contribution in [0.3, 0.4) is 0 Å². The van der Waals surface area contributed by atoms with Crippen molar-refractivity contribution in [2.75, 3.05) is 52.5 Å². The van der Waals surface area contributed by atoms with Crippen molar-refractivity contribution in [1.82, 2.24) is 34.0 Å². The summed E-state index contributed by atoms with van der Waals surface area (Å²) in [7, 11) is -4.07. The van der Waals surface area contributed by atoms with Gasteiger partial charge in [0.15, 0.2) is 0 Å². The molecule has 0 aliphatic rings. The molecule has 0 bridgehead atoms. The standard InChI is InChI=1S/C38H46ClN7O4S2/c1-5-44(6-2)19-21-49-31-23-29(42-35(25-31)33-13-9-11-17-40-33)27-46(52(47,48)38-16-15-37(39)51-38)28-30-24-32(50-22-20-45(7-3)8-4)26-36(43-30)34-14-10-12-18-41-34/h9-18,23-26H,5-8,19-22,27-28H2,1-4H3. The van der Waals surface area contributed by atoms with Crippen molar-refractivity contribution in [1.29, 1.82) is 0 Å². The lowest BCUT2D eigenvalue weighted by Gasteiger charge is -2.23. The third-order valence-corrected chi connectivity index (χ3v) is 12.0. The summed E-state index contributed by atoms with van der Waals surface area (Å²) in [5.74, 6) is 1.15. The molecule has 0 aliphatic carbocycles. The summed E-state index contributed by atoms with van der Waals surface area (Å²) >= 11 is 7.25. The molecule has 0 atom stereocenters. The van der Waals surface area contributed by atoms with E-state index in [-0.39, 0.29) is 17.3 Å². The number of hydrogen-bond donors (Lipinski definition) is 0. The number of rotatable bonds is 20. The maximum atomic E-state index is 14.4. The Morgan fingerprint density at radius 2 is 1.13 bits per heavy atom. The second-order valence-electron chi connectivity index (χ2n) is 11.9. The van der Waals surface area contributed by atoms with Crippen molar-refractivity contribution >= 4 is 33.0 Å². The molecule has 0 saturated heterocycles. The van der Waals surface area contributed by atoms with E-state index in [0.717, 1.165) is 50.6 Å². The largest absolute Gasteiger partial charge is 0.492 e. The predicted molar refractivity (Wildman–Crippen MR) is 207 cm³/mol. The number of halogens is 1. The molecule has 276 valence electrons. The van der Waals surface area contributed by atoms with E-state index >= 15 is 0 Å². The van der Waals surface area contributed by atoms with Crippen LogP contribution in [0, 0.1) is 0 Å². The van der Waals surface area contributed by atoms with Crippen molar-refractivity contribution < 1.29 is 17.9 Å². The molecular weight excluding hydrogens is 718 g/mol. The van der Waals surface area contributed by atoms with Crippen molar-refractivity contribution in [2.24, 2.45) is 0 Å². The zero-order valence-electron chi connectivity index (χ0n) is 30.1. The minimum atomic E-state index is -4.07. The molecule has 14 heteroatoms. The Kier molecular flexibility index (Phi) is 14.5. The molecule has 5 heterocycles. The van der Waals surface area contributed by atoms with Crippen LogP contribution in [0.25, 0.3) is 22.8 Å². The maximum Gasteiger partial charge on any atom is 0.253 e. The molecule has 5 aromatic heterocycles. The molecule has 0 unspecified atom stereocenters. The third kappa shape index (κ3) is 10.8. The number of thiophene rings is 1. The van der Waals surface area contributed by atoms with Crippen molar-refractivity contribution in [3.8, 4) is 34.3 Å². The van der Waals surface area contributed by atoms with Gasteiger partial charge in [-0.3, -0.25) is 9.97 Å². The van der Waals surface area contributed by atoms with Crippen LogP contribution in [-0.4, -0.2) is 94.9 Å². The summed E-state index contributed by atoms with van der Waals surface area (Å²) in [4.78, 5) is 23.3. The van der Waals surface area contributed by atoms with Gasteiger partial charge in [0.2, 0.25) is 0 Å². The van der Waals surface area contributed by atoms with Gasteiger partial charge in [-0.1, -0.05) is 51.4 Å². The van der Waals surface area contributed by atoms with Gasteiger partial charge in [-0.05, 0) is 62.6 Å². The van der Waals surface area contributed by atoms with Crippen LogP contribution < -0.4 is 9.47 Å². The molecular formula is C38H46ClN7O4S2. The number of aromatic nitrogens is 4. The Morgan fingerprint density at radius 3 is 1.52 bits per heavy atom. The molecule has 52 heavy (non-hydrogen) atoms. The van der Waals surface area contributed by atoms with Crippen LogP contribution in [0.15, 0.2) is 89.4 Å². The highest BCUT2D eigenvalue weighted by atomic mass is 35.5. The topological polar surface area (TPSA) is 114 Å². The van der Waals surface area contributed by atoms with Gasteiger partial charge >= 0.3 is 0 Å². The SMILES string of the molecule is CCN(CC)CCOc1cc(CN(Cc2cc(OCCN(CC)CC)cc(-c3ccccn3)n2)S(=O)(=O)c2ccc(Cl)s2)nc(-c2ccccn2)c1. The fourth-order valence-corrected chi connectivity index (χ4v) is 8.57. The van der Waals surface area contributed by atoms with Gasteiger partial charge < -0.3 is 19.3 Å². The molecule has 0 aliphatic heterocycles. The summed E-state index contributed by atoms with van der Waals surface area (Å²) in [6.07, 6.45) is 3.40. The summed E-state index contributed by atoms with van der Waals surface area (Å²) in [6.45, 7) is 14.4. The Labute approximate surface area is 316 Å². The van der Waals surface area contributed by atoms with Crippen LogP contribution in [-0.2, 0) is 23.1 Å². The number of pyridine rings is 4. The second kappa shape index (κ2) is 19.2. The van der Waals surface area contributed by atoms with Gasteiger partial charge in [-0.15, -0.1) is 11.3 Å². The fraction of sp³-hybridized carbons (Fsp3) is 0.368. The molecule has 5 aromatic rings. The van der Waals surface area contributed by atoms with Crippen molar-refractivity contribution in [2.45, 2.75) is 45.0 Å². The average Bonchev–Trinajstić information content (AvgIpc) is 3.62. The fourth-order valence-electron chi connectivity index (χ4n) is 5.56. The van der Waals surface area contributed by atoms with Crippen molar-refractivity contribution in [3.05, 3.63) is 101 Å². The zero-order valence-corrected chi connectivity index (χ0v) is 32.5. The zero-order chi connectivity index (χ0) is 36.9. The predicted octanol–water partition coefficient (Wildman–Crippen LogP) is 7.15. The Bertz CT molecular complexity index is 1850. The van der Waals surface area contributed by atoms with Crippen LogP contribution in [0.4, 0.5) is 0 Å². The molecule has 11 nitrogen and oxygen atoms in total. The first-order chi connectivity index (χ1) is 25.2. The Balaban J connectivity index is 1.53. The van der Waals surface area contributed by atoms with E-state index in [9.17, 15) is 8.42 Å². The minimum absolute atomic E-state index is 0.0709. The summed E-state index contributed by atoms with van der Waals surface area (Å²) in [5, 5.41) is 0. The quantitative estimate of drug-likeness (QED) is 0.0810. The summed E-state index contributed by atoms with van der Waals surface area (Å²) in [5.41, 5.74) is 3.42. The van der Waals surface area contributed by atoms with Gasteiger partial charge in [0.25, 0.3) is 10.0 Å². The van der Waals surface area contributed by atoms with E-state index in [4.69, 9.17) is 31.0 Å². The van der Waals surface area contributed by atoms with Gasteiger partial charge in [-0.2, -0.15) is 4.31 Å². The molecule has 0 N–H and O–H groups in total. The number of hydrogen-bond acceptors (Lipinski definition) is 11.